The normalized spacial score (nSPS) is 12.9. The zero-order chi connectivity index (χ0) is 13.4. The van der Waals surface area contributed by atoms with Crippen molar-refractivity contribution < 1.29 is 4.74 Å². The number of thiocarbonyl (C=S) groups is 1. The second-order valence-electron chi connectivity index (χ2n) is 3.85. The molecular weight excluding hydrogens is 248 g/mol. The molecule has 0 bridgehead atoms. The van der Waals surface area contributed by atoms with Crippen molar-refractivity contribution in [2.75, 3.05) is 13.7 Å². The lowest BCUT2D eigenvalue weighted by molar-refractivity contribution is 0.179. The summed E-state index contributed by atoms with van der Waals surface area (Å²) in [4.78, 5) is 4.19. The first kappa shape index (κ1) is 14.5. The Hall–Kier alpha value is -1.53. The first-order valence-corrected chi connectivity index (χ1v) is 6.05. The van der Waals surface area contributed by atoms with Gasteiger partial charge < -0.3 is 10.1 Å². The van der Waals surface area contributed by atoms with E-state index in [4.69, 9.17) is 17.0 Å². The van der Waals surface area contributed by atoms with E-state index in [1.807, 2.05) is 32.0 Å². The molecule has 0 radical (unpaired) electrons. The molecule has 0 fully saturated rings. The molecule has 0 aliphatic carbocycles. The Labute approximate surface area is 113 Å². The number of hydrogen-bond donors (Lipinski definition) is 2. The summed E-state index contributed by atoms with van der Waals surface area (Å²) in [6.07, 6.45) is 1.73. The highest BCUT2D eigenvalue weighted by atomic mass is 32.1. The molecule has 0 saturated heterocycles. The van der Waals surface area contributed by atoms with Gasteiger partial charge in [-0.2, -0.15) is 5.10 Å². The highest BCUT2D eigenvalue weighted by Crippen LogP contribution is 1.95. The second kappa shape index (κ2) is 7.73. The summed E-state index contributed by atoms with van der Waals surface area (Å²) in [6, 6.07) is 5.81. The molecule has 6 heteroatoms. The predicted octanol–water partition coefficient (Wildman–Crippen LogP) is 1.30. The average Bonchev–Trinajstić information content (AvgIpc) is 2.37. The maximum absolute atomic E-state index is 5.11. The molecule has 0 aliphatic rings. The van der Waals surface area contributed by atoms with Gasteiger partial charge in [0.25, 0.3) is 0 Å². The number of pyridine rings is 1. The SMILES string of the molecule is COC[C@H](C)NC(=S)N/N=C(/C)c1ccccn1. The quantitative estimate of drug-likeness (QED) is 0.478. The van der Waals surface area contributed by atoms with Crippen LogP contribution in [0, 0.1) is 0 Å². The van der Waals surface area contributed by atoms with Crippen molar-refractivity contribution in [2.45, 2.75) is 19.9 Å². The van der Waals surface area contributed by atoms with Crippen LogP contribution in [0.25, 0.3) is 0 Å². The van der Waals surface area contributed by atoms with Crippen LogP contribution in [0.3, 0.4) is 0 Å². The molecule has 1 aromatic rings. The number of rotatable bonds is 5. The molecule has 0 aliphatic heterocycles. The summed E-state index contributed by atoms with van der Waals surface area (Å²) in [6.45, 7) is 4.44. The van der Waals surface area contributed by atoms with Crippen LogP contribution in [0.4, 0.5) is 0 Å². The number of aromatic nitrogens is 1. The zero-order valence-electron chi connectivity index (χ0n) is 10.8. The summed E-state index contributed by atoms with van der Waals surface area (Å²) >= 11 is 5.11. The van der Waals surface area contributed by atoms with Crippen molar-refractivity contribution in [3.05, 3.63) is 30.1 Å². The van der Waals surface area contributed by atoms with Crippen LogP contribution in [0.2, 0.25) is 0 Å². The van der Waals surface area contributed by atoms with E-state index in [1.165, 1.54) is 0 Å². The molecule has 2 N–H and O–H groups in total. The van der Waals surface area contributed by atoms with Crippen LogP contribution in [0.15, 0.2) is 29.5 Å². The molecule has 0 saturated carbocycles. The molecule has 1 rings (SSSR count). The molecule has 1 heterocycles. The maximum Gasteiger partial charge on any atom is 0.187 e. The molecule has 1 atom stereocenters. The van der Waals surface area contributed by atoms with Crippen LogP contribution < -0.4 is 10.7 Å². The Morgan fingerprint density at radius 1 is 1.56 bits per heavy atom. The summed E-state index contributed by atoms with van der Waals surface area (Å²) in [5, 5.41) is 7.69. The summed E-state index contributed by atoms with van der Waals surface area (Å²) in [5.74, 6) is 0. The second-order valence-corrected chi connectivity index (χ2v) is 4.26. The van der Waals surface area contributed by atoms with Gasteiger partial charge in [0, 0.05) is 19.3 Å². The number of ether oxygens (including phenoxy) is 1. The van der Waals surface area contributed by atoms with Gasteiger partial charge >= 0.3 is 0 Å². The lowest BCUT2D eigenvalue weighted by atomic mass is 10.3. The van der Waals surface area contributed by atoms with Gasteiger partial charge in [-0.15, -0.1) is 0 Å². The minimum absolute atomic E-state index is 0.139. The van der Waals surface area contributed by atoms with Crippen molar-refractivity contribution >= 4 is 23.0 Å². The van der Waals surface area contributed by atoms with Crippen LogP contribution in [0.1, 0.15) is 19.5 Å². The predicted molar refractivity (Wildman–Crippen MR) is 76.7 cm³/mol. The Bertz CT molecular complexity index is 408. The average molecular weight is 266 g/mol. The van der Waals surface area contributed by atoms with Gasteiger partial charge in [-0.25, -0.2) is 0 Å². The van der Waals surface area contributed by atoms with E-state index in [0.29, 0.717) is 11.7 Å². The third-order valence-electron chi connectivity index (χ3n) is 2.15. The first-order valence-electron chi connectivity index (χ1n) is 5.64. The van der Waals surface area contributed by atoms with Gasteiger partial charge in [-0.05, 0) is 38.2 Å². The third-order valence-corrected chi connectivity index (χ3v) is 2.36. The van der Waals surface area contributed by atoms with Crippen molar-refractivity contribution in [1.29, 1.82) is 0 Å². The number of hydrogen-bond acceptors (Lipinski definition) is 4. The molecule has 1 aromatic heterocycles. The van der Waals surface area contributed by atoms with Crippen LogP contribution in [0.5, 0.6) is 0 Å². The molecule has 18 heavy (non-hydrogen) atoms. The number of hydrazone groups is 1. The van der Waals surface area contributed by atoms with Gasteiger partial charge in [0.1, 0.15) is 0 Å². The van der Waals surface area contributed by atoms with Gasteiger partial charge in [0.15, 0.2) is 5.11 Å². The largest absolute Gasteiger partial charge is 0.383 e. The lowest BCUT2D eigenvalue weighted by Crippen LogP contribution is -2.40. The van der Waals surface area contributed by atoms with Gasteiger partial charge in [0.05, 0.1) is 18.0 Å². The standard InChI is InChI=1S/C12H18N4OS/c1-9(8-17-3)14-12(18)16-15-10(2)11-6-4-5-7-13-11/h4-7,9H,8H2,1-3H3,(H2,14,16,18)/b15-10-/t9-/m0/s1. The van der Waals surface area contributed by atoms with Gasteiger partial charge in [0.2, 0.25) is 0 Å². The number of nitrogens with one attached hydrogen (secondary N) is 2. The van der Waals surface area contributed by atoms with E-state index < -0.39 is 0 Å². The molecule has 0 spiro atoms. The molecular formula is C12H18N4OS. The van der Waals surface area contributed by atoms with Crippen LogP contribution in [-0.2, 0) is 4.74 Å². The summed E-state index contributed by atoms with van der Waals surface area (Å²) < 4.78 is 5.00. The summed E-state index contributed by atoms with van der Waals surface area (Å²) in [7, 11) is 1.65. The highest BCUT2D eigenvalue weighted by Gasteiger charge is 2.03. The fourth-order valence-electron chi connectivity index (χ4n) is 1.32. The highest BCUT2D eigenvalue weighted by molar-refractivity contribution is 7.80. The number of nitrogens with zero attached hydrogens (tertiary/aromatic N) is 2. The minimum atomic E-state index is 0.139. The molecule has 0 aromatic carbocycles. The van der Waals surface area contributed by atoms with Crippen molar-refractivity contribution in [3.8, 4) is 0 Å². The molecule has 0 amide bonds. The van der Waals surface area contributed by atoms with Crippen molar-refractivity contribution in [2.24, 2.45) is 5.10 Å². The van der Waals surface area contributed by atoms with Gasteiger partial charge in [-0.3, -0.25) is 10.4 Å². The van der Waals surface area contributed by atoms with E-state index in [0.717, 1.165) is 11.4 Å². The topological polar surface area (TPSA) is 58.5 Å². The fraction of sp³-hybridized carbons (Fsp3) is 0.417. The molecule has 0 unspecified atom stereocenters. The van der Waals surface area contributed by atoms with E-state index in [2.05, 4.69) is 20.8 Å². The Kier molecular flexibility index (Phi) is 6.24. The minimum Gasteiger partial charge on any atom is -0.383 e. The Morgan fingerprint density at radius 2 is 2.33 bits per heavy atom. The van der Waals surface area contributed by atoms with Crippen molar-refractivity contribution in [1.82, 2.24) is 15.7 Å². The molecule has 5 nitrogen and oxygen atoms in total. The summed E-state index contributed by atoms with van der Waals surface area (Å²) in [5.41, 5.74) is 4.38. The van der Waals surface area contributed by atoms with E-state index in [9.17, 15) is 0 Å². The van der Waals surface area contributed by atoms with Gasteiger partial charge in [-0.1, -0.05) is 6.07 Å². The van der Waals surface area contributed by atoms with Crippen LogP contribution >= 0.6 is 12.2 Å². The third kappa shape index (κ3) is 5.20. The van der Waals surface area contributed by atoms with E-state index in [1.54, 1.807) is 13.3 Å². The fourth-order valence-corrected chi connectivity index (χ4v) is 1.56. The Balaban J connectivity index is 2.46. The zero-order valence-corrected chi connectivity index (χ0v) is 11.6. The maximum atomic E-state index is 5.11. The Morgan fingerprint density at radius 3 is 2.94 bits per heavy atom. The smallest absolute Gasteiger partial charge is 0.187 e. The number of methoxy groups -OCH3 is 1. The first-order chi connectivity index (χ1) is 8.63. The molecule has 98 valence electrons. The monoisotopic (exact) mass is 266 g/mol. The van der Waals surface area contributed by atoms with E-state index in [-0.39, 0.29) is 6.04 Å². The van der Waals surface area contributed by atoms with Crippen LogP contribution in [-0.4, -0.2) is 35.6 Å². The lowest BCUT2D eigenvalue weighted by Gasteiger charge is -2.14. The van der Waals surface area contributed by atoms with E-state index >= 15 is 0 Å². The van der Waals surface area contributed by atoms with Crippen molar-refractivity contribution in [3.63, 3.8) is 0 Å².